The first kappa shape index (κ1) is 14.3. The number of carbonyl (C=O) groups excluding carboxylic acids is 2. The minimum atomic E-state index is -0.451. The molecule has 1 N–H and O–H groups in total. The molecule has 1 aliphatic heterocycles. The number of piperazine rings is 1. The van der Waals surface area contributed by atoms with Crippen LogP contribution in [0.15, 0.2) is 28.9 Å². The molecule has 1 aliphatic rings. The van der Waals surface area contributed by atoms with Gasteiger partial charge >= 0.3 is 0 Å². The number of nitrogens with zero attached hydrogens (tertiary/aromatic N) is 2. The number of carbonyl (C=O) groups is 2. The molecule has 1 saturated heterocycles. The van der Waals surface area contributed by atoms with Crippen molar-refractivity contribution >= 4 is 17.9 Å². The highest BCUT2D eigenvalue weighted by atomic mass is 16.3. The van der Waals surface area contributed by atoms with Crippen molar-refractivity contribution in [1.29, 1.82) is 0 Å². The van der Waals surface area contributed by atoms with Gasteiger partial charge in [0.05, 0.1) is 6.26 Å². The first-order chi connectivity index (χ1) is 9.59. The van der Waals surface area contributed by atoms with Gasteiger partial charge in [0.15, 0.2) is 0 Å². The molecule has 1 atom stereocenters. The minimum Gasteiger partial charge on any atom is -0.465 e. The van der Waals surface area contributed by atoms with Crippen molar-refractivity contribution in [1.82, 2.24) is 15.1 Å². The molecule has 20 heavy (non-hydrogen) atoms. The second-order valence-electron chi connectivity index (χ2n) is 4.83. The van der Waals surface area contributed by atoms with Crippen molar-refractivity contribution in [3.8, 4) is 0 Å². The van der Waals surface area contributed by atoms with E-state index in [1.807, 2.05) is 0 Å². The summed E-state index contributed by atoms with van der Waals surface area (Å²) in [6.07, 6.45) is 4.61. The molecular weight excluding hydrogens is 258 g/mol. The van der Waals surface area contributed by atoms with Crippen LogP contribution in [0.3, 0.4) is 0 Å². The Bertz CT molecular complexity index is 494. The minimum absolute atomic E-state index is 0.0723. The Morgan fingerprint density at radius 2 is 2.30 bits per heavy atom. The number of rotatable bonds is 3. The van der Waals surface area contributed by atoms with Crippen LogP contribution in [-0.2, 0) is 9.59 Å². The highest BCUT2D eigenvalue weighted by molar-refractivity contribution is 5.95. The Morgan fingerprint density at radius 3 is 2.95 bits per heavy atom. The van der Waals surface area contributed by atoms with Crippen LogP contribution in [0.4, 0.5) is 0 Å². The van der Waals surface area contributed by atoms with Crippen LogP contribution in [-0.4, -0.2) is 61.4 Å². The first-order valence-corrected chi connectivity index (χ1v) is 6.53. The van der Waals surface area contributed by atoms with E-state index in [-0.39, 0.29) is 11.8 Å². The van der Waals surface area contributed by atoms with Crippen molar-refractivity contribution in [2.45, 2.75) is 6.04 Å². The van der Waals surface area contributed by atoms with Crippen molar-refractivity contribution < 1.29 is 14.0 Å². The lowest BCUT2D eigenvalue weighted by atomic mass is 10.1. The molecule has 1 unspecified atom stereocenters. The number of likely N-dealkylation sites (N-methyl/N-ethyl adjacent to an activating group) is 1. The number of furan rings is 1. The average Bonchev–Trinajstić information content (AvgIpc) is 2.97. The molecular formula is C14H19N3O3. The molecule has 2 heterocycles. The van der Waals surface area contributed by atoms with E-state index < -0.39 is 6.04 Å². The van der Waals surface area contributed by atoms with Gasteiger partial charge in [-0.3, -0.25) is 9.59 Å². The van der Waals surface area contributed by atoms with Gasteiger partial charge in [0, 0.05) is 39.8 Å². The third-order valence-corrected chi connectivity index (χ3v) is 3.19. The zero-order valence-electron chi connectivity index (χ0n) is 11.7. The van der Waals surface area contributed by atoms with Gasteiger partial charge in [0.2, 0.25) is 11.8 Å². The summed E-state index contributed by atoms with van der Waals surface area (Å²) in [5.41, 5.74) is 0. The van der Waals surface area contributed by atoms with Gasteiger partial charge in [-0.2, -0.15) is 0 Å². The van der Waals surface area contributed by atoms with Gasteiger partial charge < -0.3 is 19.5 Å². The fourth-order valence-corrected chi connectivity index (χ4v) is 2.12. The normalized spacial score (nSPS) is 19.3. The molecule has 2 rings (SSSR count). The van der Waals surface area contributed by atoms with Crippen molar-refractivity contribution in [2.75, 3.05) is 33.7 Å². The van der Waals surface area contributed by atoms with Crippen LogP contribution in [0.5, 0.6) is 0 Å². The van der Waals surface area contributed by atoms with E-state index in [0.29, 0.717) is 25.4 Å². The van der Waals surface area contributed by atoms with Gasteiger partial charge in [0.1, 0.15) is 11.8 Å². The van der Waals surface area contributed by atoms with Crippen LogP contribution in [0.25, 0.3) is 6.08 Å². The predicted molar refractivity (Wildman–Crippen MR) is 74.8 cm³/mol. The maximum absolute atomic E-state index is 12.2. The summed E-state index contributed by atoms with van der Waals surface area (Å²) in [7, 11) is 3.39. The molecule has 108 valence electrons. The quantitative estimate of drug-likeness (QED) is 0.801. The molecule has 0 radical (unpaired) electrons. The summed E-state index contributed by atoms with van der Waals surface area (Å²) in [6.45, 7) is 1.69. The van der Waals surface area contributed by atoms with Gasteiger partial charge in [-0.1, -0.05) is 0 Å². The summed E-state index contributed by atoms with van der Waals surface area (Å²) in [4.78, 5) is 27.4. The zero-order chi connectivity index (χ0) is 14.5. The number of hydrogen-bond donors (Lipinski definition) is 1. The molecule has 1 fully saturated rings. The van der Waals surface area contributed by atoms with Gasteiger partial charge in [-0.15, -0.1) is 0 Å². The molecule has 1 aromatic rings. The van der Waals surface area contributed by atoms with Crippen LogP contribution < -0.4 is 5.32 Å². The first-order valence-electron chi connectivity index (χ1n) is 6.53. The monoisotopic (exact) mass is 277 g/mol. The lowest BCUT2D eigenvalue weighted by molar-refractivity contribution is -0.142. The molecule has 0 aromatic carbocycles. The van der Waals surface area contributed by atoms with Crippen LogP contribution in [0, 0.1) is 0 Å². The molecule has 0 bridgehead atoms. The highest BCUT2D eigenvalue weighted by Crippen LogP contribution is 2.09. The van der Waals surface area contributed by atoms with Gasteiger partial charge in [-0.05, 0) is 18.2 Å². The molecule has 0 spiro atoms. The second kappa shape index (κ2) is 6.38. The lowest BCUT2D eigenvalue weighted by Gasteiger charge is -2.35. The lowest BCUT2D eigenvalue weighted by Crippen LogP contribution is -2.59. The molecule has 1 aromatic heterocycles. The highest BCUT2D eigenvalue weighted by Gasteiger charge is 2.31. The van der Waals surface area contributed by atoms with Crippen LogP contribution in [0.1, 0.15) is 5.76 Å². The van der Waals surface area contributed by atoms with Gasteiger partial charge in [0.25, 0.3) is 0 Å². The summed E-state index contributed by atoms with van der Waals surface area (Å²) < 4.78 is 5.14. The van der Waals surface area contributed by atoms with E-state index in [1.165, 1.54) is 11.0 Å². The van der Waals surface area contributed by atoms with E-state index in [9.17, 15) is 9.59 Å². The van der Waals surface area contributed by atoms with E-state index in [0.717, 1.165) is 0 Å². The third kappa shape index (κ3) is 3.27. The smallest absolute Gasteiger partial charge is 0.247 e. The Labute approximate surface area is 118 Å². The standard InChI is InChI=1S/C14H19N3O3/c1-16(2)14(19)12-10-15-7-8-17(12)13(18)6-5-11-4-3-9-20-11/h3-6,9,12,15H,7-8,10H2,1-2H3. The maximum Gasteiger partial charge on any atom is 0.247 e. The summed E-state index contributed by atoms with van der Waals surface area (Å²) >= 11 is 0. The summed E-state index contributed by atoms with van der Waals surface area (Å²) in [5, 5.41) is 3.14. The molecule has 0 aliphatic carbocycles. The van der Waals surface area contributed by atoms with Crippen molar-refractivity contribution in [3.63, 3.8) is 0 Å². The summed E-state index contributed by atoms with van der Waals surface area (Å²) in [6, 6.07) is 3.07. The van der Waals surface area contributed by atoms with E-state index in [1.54, 1.807) is 43.5 Å². The fourth-order valence-electron chi connectivity index (χ4n) is 2.12. The molecule has 0 saturated carbocycles. The SMILES string of the molecule is CN(C)C(=O)C1CNCCN1C(=O)C=Cc1ccco1. The van der Waals surface area contributed by atoms with Crippen LogP contribution >= 0.6 is 0 Å². The Hall–Kier alpha value is -2.08. The van der Waals surface area contributed by atoms with E-state index >= 15 is 0 Å². The molecule has 2 amide bonds. The predicted octanol–water partition coefficient (Wildman–Crippen LogP) is 0.181. The average molecular weight is 277 g/mol. The number of nitrogens with one attached hydrogen (secondary N) is 1. The van der Waals surface area contributed by atoms with Crippen molar-refractivity contribution in [3.05, 3.63) is 30.2 Å². The topological polar surface area (TPSA) is 65.8 Å². The Morgan fingerprint density at radius 1 is 1.50 bits per heavy atom. The van der Waals surface area contributed by atoms with E-state index in [2.05, 4.69) is 5.32 Å². The number of hydrogen-bond acceptors (Lipinski definition) is 4. The third-order valence-electron chi connectivity index (χ3n) is 3.19. The largest absolute Gasteiger partial charge is 0.465 e. The molecule has 6 nitrogen and oxygen atoms in total. The molecule has 6 heteroatoms. The van der Waals surface area contributed by atoms with Crippen molar-refractivity contribution in [2.24, 2.45) is 0 Å². The van der Waals surface area contributed by atoms with Gasteiger partial charge in [-0.25, -0.2) is 0 Å². The van der Waals surface area contributed by atoms with E-state index in [4.69, 9.17) is 4.42 Å². The Balaban J connectivity index is 2.07. The van der Waals surface area contributed by atoms with Crippen LogP contribution in [0.2, 0.25) is 0 Å². The number of amides is 2. The summed E-state index contributed by atoms with van der Waals surface area (Å²) in [5.74, 6) is 0.365. The fraction of sp³-hybridized carbons (Fsp3) is 0.429. The second-order valence-corrected chi connectivity index (χ2v) is 4.83. The maximum atomic E-state index is 12.2. The zero-order valence-corrected chi connectivity index (χ0v) is 11.7. The Kier molecular flexibility index (Phi) is 4.57.